The van der Waals surface area contributed by atoms with Crippen molar-refractivity contribution in [1.29, 1.82) is 0 Å². The summed E-state index contributed by atoms with van der Waals surface area (Å²) in [6.07, 6.45) is 0.960. The predicted octanol–water partition coefficient (Wildman–Crippen LogP) is 4.39. The van der Waals surface area contributed by atoms with Crippen LogP contribution in [0, 0.1) is 6.92 Å². The van der Waals surface area contributed by atoms with Crippen LogP contribution in [-0.4, -0.2) is 72.4 Å². The predicted molar refractivity (Wildman–Crippen MR) is 143 cm³/mol. The third-order valence-corrected chi connectivity index (χ3v) is 8.45. The molecule has 7 heteroatoms. The Balaban J connectivity index is 1.28. The molecular weight excluding hydrogens is 470 g/mol. The highest BCUT2D eigenvalue weighted by atomic mass is 32.1. The van der Waals surface area contributed by atoms with Crippen molar-refractivity contribution in [3.63, 3.8) is 0 Å². The topological polar surface area (TPSA) is 53.1 Å². The number of amides is 2. The van der Waals surface area contributed by atoms with Crippen molar-refractivity contribution in [3.8, 4) is 5.75 Å². The Morgan fingerprint density at radius 1 is 1.03 bits per heavy atom. The van der Waals surface area contributed by atoms with Crippen LogP contribution in [0.1, 0.15) is 44.9 Å². The molecule has 2 amide bonds. The Labute approximate surface area is 217 Å². The van der Waals surface area contributed by atoms with E-state index in [9.17, 15) is 9.59 Å². The molecule has 0 N–H and O–H groups in total. The second kappa shape index (κ2) is 10.4. The number of aryl methyl sites for hydroxylation is 1. The van der Waals surface area contributed by atoms with Crippen molar-refractivity contribution in [1.82, 2.24) is 14.7 Å². The second-order valence-corrected chi connectivity index (χ2v) is 10.7. The van der Waals surface area contributed by atoms with E-state index in [1.807, 2.05) is 60.0 Å². The highest BCUT2D eigenvalue weighted by Crippen LogP contribution is 2.38. The van der Waals surface area contributed by atoms with E-state index in [-0.39, 0.29) is 23.9 Å². The van der Waals surface area contributed by atoms with Gasteiger partial charge in [-0.15, -0.1) is 11.3 Å². The molecule has 2 aromatic carbocycles. The lowest BCUT2D eigenvalue weighted by Gasteiger charge is -2.42. The number of fused-ring (bicyclic) bond motifs is 1. The number of piperazine rings is 1. The maximum absolute atomic E-state index is 13.5. The molecular formula is C29H33N3O3S. The van der Waals surface area contributed by atoms with Gasteiger partial charge in [0, 0.05) is 42.7 Å². The average molecular weight is 504 g/mol. The van der Waals surface area contributed by atoms with Crippen molar-refractivity contribution in [2.45, 2.75) is 32.4 Å². The van der Waals surface area contributed by atoms with E-state index in [1.165, 1.54) is 16.0 Å². The minimum Gasteiger partial charge on any atom is -0.497 e. The monoisotopic (exact) mass is 503 g/mol. The van der Waals surface area contributed by atoms with Crippen LogP contribution >= 0.6 is 11.3 Å². The molecule has 36 heavy (non-hydrogen) atoms. The molecule has 6 nitrogen and oxygen atoms in total. The first kappa shape index (κ1) is 24.5. The highest BCUT2D eigenvalue weighted by molar-refractivity contribution is 7.10. The smallest absolute Gasteiger partial charge is 0.254 e. The minimum atomic E-state index is -0.0305. The highest BCUT2D eigenvalue weighted by Gasteiger charge is 2.35. The summed E-state index contributed by atoms with van der Waals surface area (Å²) >= 11 is 1.80. The van der Waals surface area contributed by atoms with Gasteiger partial charge in [0.15, 0.2) is 0 Å². The van der Waals surface area contributed by atoms with Crippen molar-refractivity contribution >= 4 is 23.2 Å². The normalized spacial score (nSPS) is 20.2. The number of rotatable bonds is 5. The molecule has 1 aromatic heterocycles. The van der Waals surface area contributed by atoms with E-state index in [1.54, 1.807) is 18.4 Å². The summed E-state index contributed by atoms with van der Waals surface area (Å²) < 4.78 is 5.35. The number of hydrogen-bond donors (Lipinski definition) is 0. The van der Waals surface area contributed by atoms with Crippen LogP contribution in [0.3, 0.4) is 0 Å². The lowest BCUT2D eigenvalue weighted by molar-refractivity contribution is -0.135. The van der Waals surface area contributed by atoms with E-state index in [0.717, 1.165) is 29.8 Å². The maximum Gasteiger partial charge on any atom is 0.254 e. The summed E-state index contributed by atoms with van der Waals surface area (Å²) in [6.45, 7) is 6.88. The zero-order chi connectivity index (χ0) is 25.2. The molecule has 0 bridgehead atoms. The van der Waals surface area contributed by atoms with E-state index in [2.05, 4.69) is 28.5 Å². The van der Waals surface area contributed by atoms with Gasteiger partial charge in [0.1, 0.15) is 5.75 Å². The van der Waals surface area contributed by atoms with Crippen molar-refractivity contribution in [2.24, 2.45) is 0 Å². The molecule has 3 heterocycles. The van der Waals surface area contributed by atoms with E-state index in [0.29, 0.717) is 26.2 Å². The number of ether oxygens (including phenoxy) is 1. The van der Waals surface area contributed by atoms with Crippen LogP contribution < -0.4 is 4.74 Å². The Hall–Kier alpha value is -3.16. The van der Waals surface area contributed by atoms with Gasteiger partial charge < -0.3 is 14.5 Å². The molecule has 2 atom stereocenters. The molecule has 1 saturated heterocycles. The van der Waals surface area contributed by atoms with Crippen LogP contribution in [0.2, 0.25) is 0 Å². The van der Waals surface area contributed by atoms with Gasteiger partial charge in [0.2, 0.25) is 5.91 Å². The first-order valence-electron chi connectivity index (χ1n) is 12.5. The van der Waals surface area contributed by atoms with Gasteiger partial charge in [0.05, 0.1) is 19.7 Å². The van der Waals surface area contributed by atoms with Gasteiger partial charge in [0.25, 0.3) is 5.91 Å². The Bertz CT molecular complexity index is 1240. The quantitative estimate of drug-likeness (QED) is 0.518. The summed E-state index contributed by atoms with van der Waals surface area (Å²) in [5, 5.41) is 2.15. The Morgan fingerprint density at radius 3 is 2.53 bits per heavy atom. The van der Waals surface area contributed by atoms with Crippen molar-refractivity contribution in [3.05, 3.63) is 87.1 Å². The Morgan fingerprint density at radius 2 is 1.81 bits per heavy atom. The summed E-state index contributed by atoms with van der Waals surface area (Å²) in [5.41, 5.74) is 4.19. The van der Waals surface area contributed by atoms with E-state index >= 15 is 0 Å². The standard InChI is InChI=1S/C29H33N3O3S/c1-20-6-4-5-7-24(20)29(34)32-16-15-30(18-21(32)2)27(33)19-31-14-12-26-25(13-17-36-26)28(31)22-8-10-23(35-3)11-9-22/h4-11,13,17,21,28H,12,14-16,18-19H2,1-3H3. The van der Waals surface area contributed by atoms with Crippen LogP contribution in [0.5, 0.6) is 5.75 Å². The number of carbonyl (C=O) groups is 2. The first-order valence-corrected chi connectivity index (χ1v) is 13.4. The van der Waals surface area contributed by atoms with Gasteiger partial charge in [-0.3, -0.25) is 14.5 Å². The third kappa shape index (κ3) is 4.77. The molecule has 0 radical (unpaired) electrons. The summed E-state index contributed by atoms with van der Waals surface area (Å²) in [6, 6.07) is 18.1. The summed E-state index contributed by atoms with van der Waals surface area (Å²) in [5.74, 6) is 1.00. The third-order valence-electron chi connectivity index (χ3n) is 7.45. The number of nitrogens with zero attached hydrogens (tertiary/aromatic N) is 3. The fourth-order valence-corrected chi connectivity index (χ4v) is 6.35. The van der Waals surface area contributed by atoms with Crippen LogP contribution in [0.15, 0.2) is 60.0 Å². The molecule has 0 spiro atoms. The lowest BCUT2D eigenvalue weighted by atomic mass is 9.93. The SMILES string of the molecule is COc1ccc(C2c3ccsc3CCN2CC(=O)N2CCN(C(=O)c3ccccc3C)C(C)C2)cc1. The molecule has 1 fully saturated rings. The maximum atomic E-state index is 13.5. The molecule has 2 aliphatic heterocycles. The van der Waals surface area contributed by atoms with Crippen LogP contribution in [0.4, 0.5) is 0 Å². The average Bonchev–Trinajstić information content (AvgIpc) is 3.37. The number of carbonyl (C=O) groups excluding carboxylic acids is 2. The van der Waals surface area contributed by atoms with Gasteiger partial charge in [-0.25, -0.2) is 0 Å². The van der Waals surface area contributed by atoms with Crippen LogP contribution in [-0.2, 0) is 11.2 Å². The fraction of sp³-hybridized carbons (Fsp3) is 0.379. The van der Waals surface area contributed by atoms with Gasteiger partial charge in [-0.2, -0.15) is 0 Å². The summed E-state index contributed by atoms with van der Waals surface area (Å²) in [4.78, 5) is 34.2. The zero-order valence-electron chi connectivity index (χ0n) is 21.1. The molecule has 2 unspecified atom stereocenters. The fourth-order valence-electron chi connectivity index (χ4n) is 5.44. The number of thiophene rings is 1. The molecule has 3 aromatic rings. The van der Waals surface area contributed by atoms with Crippen LogP contribution in [0.25, 0.3) is 0 Å². The van der Waals surface area contributed by atoms with Gasteiger partial charge in [-0.1, -0.05) is 30.3 Å². The first-order chi connectivity index (χ1) is 17.5. The molecule has 188 valence electrons. The zero-order valence-corrected chi connectivity index (χ0v) is 22.0. The van der Waals surface area contributed by atoms with E-state index < -0.39 is 0 Å². The van der Waals surface area contributed by atoms with Crippen molar-refractivity contribution in [2.75, 3.05) is 39.8 Å². The molecule has 2 aliphatic rings. The number of hydrogen-bond acceptors (Lipinski definition) is 5. The Kier molecular flexibility index (Phi) is 7.12. The summed E-state index contributed by atoms with van der Waals surface area (Å²) in [7, 11) is 1.67. The lowest BCUT2D eigenvalue weighted by Crippen LogP contribution is -2.57. The minimum absolute atomic E-state index is 0.0305. The van der Waals surface area contributed by atoms with Gasteiger partial charge in [-0.05, 0) is 66.6 Å². The second-order valence-electron chi connectivity index (χ2n) is 9.70. The molecule has 5 rings (SSSR count). The molecule has 0 aliphatic carbocycles. The van der Waals surface area contributed by atoms with E-state index in [4.69, 9.17) is 4.74 Å². The number of methoxy groups -OCH3 is 1. The van der Waals surface area contributed by atoms with Gasteiger partial charge >= 0.3 is 0 Å². The largest absolute Gasteiger partial charge is 0.497 e. The molecule has 0 saturated carbocycles. The number of benzene rings is 2. The van der Waals surface area contributed by atoms with Crippen molar-refractivity contribution < 1.29 is 14.3 Å².